The minimum absolute atomic E-state index is 0.0891. The molecule has 2 aromatic carbocycles. The van der Waals surface area contributed by atoms with Crippen LogP contribution in [0.2, 0.25) is 0 Å². The van der Waals surface area contributed by atoms with Gasteiger partial charge in [0.25, 0.3) is 5.91 Å². The van der Waals surface area contributed by atoms with Crippen LogP contribution in [0.1, 0.15) is 11.1 Å². The summed E-state index contributed by atoms with van der Waals surface area (Å²) >= 11 is 0. The summed E-state index contributed by atoms with van der Waals surface area (Å²) in [6.07, 6.45) is 0.738. The number of amides is 4. The topological polar surface area (TPSA) is 69.7 Å². The van der Waals surface area contributed by atoms with Gasteiger partial charge in [0.05, 0.1) is 12.1 Å². The molecular weight excluding hydrogens is 330 g/mol. The molecule has 0 radical (unpaired) electrons. The van der Waals surface area contributed by atoms with E-state index in [9.17, 15) is 14.4 Å². The number of hydrogen-bond acceptors (Lipinski definition) is 3. The highest BCUT2D eigenvalue weighted by Crippen LogP contribution is 2.26. The van der Waals surface area contributed by atoms with Gasteiger partial charge in [0.15, 0.2) is 0 Å². The van der Waals surface area contributed by atoms with Gasteiger partial charge >= 0.3 is 6.03 Å². The standard InChI is InChI=1S/C20H21N3O3/c1-21-18(24)13-15-8-10-16(11-9-15)23-19(25)17(22(2)20(23)26)12-14-6-4-3-5-7-14/h3-11,17H,12-13H2,1-2H3,(H,21,24)/t17-/m1/s1. The Balaban J connectivity index is 1.78. The summed E-state index contributed by atoms with van der Waals surface area (Å²) in [5, 5.41) is 2.57. The van der Waals surface area contributed by atoms with E-state index in [-0.39, 0.29) is 24.3 Å². The van der Waals surface area contributed by atoms with Crippen LogP contribution in [0.15, 0.2) is 54.6 Å². The third kappa shape index (κ3) is 3.44. The van der Waals surface area contributed by atoms with Crippen LogP contribution < -0.4 is 10.2 Å². The van der Waals surface area contributed by atoms with E-state index in [1.165, 1.54) is 9.80 Å². The Morgan fingerprint density at radius 3 is 2.27 bits per heavy atom. The summed E-state index contributed by atoms with van der Waals surface area (Å²) in [4.78, 5) is 39.6. The van der Waals surface area contributed by atoms with Crippen molar-refractivity contribution in [2.75, 3.05) is 19.0 Å². The van der Waals surface area contributed by atoms with Crippen LogP contribution in [0.25, 0.3) is 0 Å². The molecule has 26 heavy (non-hydrogen) atoms. The van der Waals surface area contributed by atoms with Crippen LogP contribution in [0, 0.1) is 0 Å². The average Bonchev–Trinajstić information content (AvgIpc) is 2.87. The van der Waals surface area contributed by atoms with Crippen LogP contribution in [0.3, 0.4) is 0 Å². The van der Waals surface area contributed by atoms with E-state index in [0.717, 1.165) is 11.1 Å². The molecule has 3 rings (SSSR count). The maximum atomic E-state index is 12.8. The van der Waals surface area contributed by atoms with Crippen molar-refractivity contribution in [2.45, 2.75) is 18.9 Å². The largest absolute Gasteiger partial charge is 0.359 e. The highest BCUT2D eigenvalue weighted by Gasteiger charge is 2.43. The van der Waals surface area contributed by atoms with Crippen molar-refractivity contribution in [3.8, 4) is 0 Å². The lowest BCUT2D eigenvalue weighted by molar-refractivity contribution is -0.120. The maximum absolute atomic E-state index is 12.8. The number of likely N-dealkylation sites (N-methyl/N-ethyl adjacent to an activating group) is 2. The van der Waals surface area contributed by atoms with Crippen LogP contribution in [-0.4, -0.2) is 42.9 Å². The zero-order valence-electron chi connectivity index (χ0n) is 14.8. The Bertz CT molecular complexity index is 818. The van der Waals surface area contributed by atoms with Crippen molar-refractivity contribution in [1.82, 2.24) is 10.2 Å². The monoisotopic (exact) mass is 351 g/mol. The highest BCUT2D eigenvalue weighted by molar-refractivity contribution is 6.21. The molecule has 6 nitrogen and oxygen atoms in total. The number of nitrogens with zero attached hydrogens (tertiary/aromatic N) is 2. The molecule has 1 fully saturated rings. The van der Waals surface area contributed by atoms with Crippen LogP contribution in [-0.2, 0) is 22.4 Å². The average molecular weight is 351 g/mol. The first-order valence-electron chi connectivity index (χ1n) is 8.45. The predicted molar refractivity (Wildman–Crippen MR) is 98.8 cm³/mol. The van der Waals surface area contributed by atoms with Gasteiger partial charge in [-0.3, -0.25) is 9.59 Å². The van der Waals surface area contributed by atoms with Gasteiger partial charge in [-0.2, -0.15) is 0 Å². The molecule has 6 heteroatoms. The van der Waals surface area contributed by atoms with Crippen LogP contribution in [0.5, 0.6) is 0 Å². The van der Waals surface area contributed by atoms with Crippen molar-refractivity contribution >= 4 is 23.5 Å². The summed E-state index contributed by atoms with van der Waals surface area (Å²) in [5.41, 5.74) is 2.35. The quantitative estimate of drug-likeness (QED) is 0.838. The Morgan fingerprint density at radius 1 is 1.00 bits per heavy atom. The number of carbonyl (C=O) groups is 3. The van der Waals surface area contributed by atoms with E-state index >= 15 is 0 Å². The van der Waals surface area contributed by atoms with Gasteiger partial charge < -0.3 is 10.2 Å². The van der Waals surface area contributed by atoms with Crippen molar-refractivity contribution in [2.24, 2.45) is 0 Å². The molecule has 1 heterocycles. The smallest absolute Gasteiger partial charge is 0.331 e. The van der Waals surface area contributed by atoms with Crippen molar-refractivity contribution < 1.29 is 14.4 Å². The van der Waals surface area contributed by atoms with Crippen molar-refractivity contribution in [3.05, 3.63) is 65.7 Å². The number of rotatable bonds is 5. The summed E-state index contributed by atoms with van der Waals surface area (Å²) < 4.78 is 0. The molecule has 2 aromatic rings. The minimum atomic E-state index is -0.518. The summed E-state index contributed by atoms with van der Waals surface area (Å²) in [6.45, 7) is 0. The zero-order valence-corrected chi connectivity index (χ0v) is 14.8. The van der Waals surface area contributed by atoms with Gasteiger partial charge in [-0.25, -0.2) is 9.69 Å². The number of imide groups is 1. The van der Waals surface area contributed by atoms with E-state index in [0.29, 0.717) is 12.1 Å². The lowest BCUT2D eigenvalue weighted by Gasteiger charge is -2.15. The molecule has 0 spiro atoms. The van der Waals surface area contributed by atoms with E-state index in [1.54, 1.807) is 38.4 Å². The lowest BCUT2D eigenvalue weighted by Crippen LogP contribution is -2.33. The SMILES string of the molecule is CNC(=O)Cc1ccc(N2C(=O)[C@@H](Cc3ccccc3)N(C)C2=O)cc1. The maximum Gasteiger partial charge on any atom is 0.331 e. The lowest BCUT2D eigenvalue weighted by atomic mass is 10.1. The van der Waals surface area contributed by atoms with Gasteiger partial charge in [-0.15, -0.1) is 0 Å². The van der Waals surface area contributed by atoms with Crippen molar-refractivity contribution in [1.29, 1.82) is 0 Å². The van der Waals surface area contributed by atoms with Crippen LogP contribution >= 0.6 is 0 Å². The molecule has 0 saturated carbocycles. The van der Waals surface area contributed by atoms with Gasteiger partial charge in [-0.05, 0) is 23.3 Å². The van der Waals surface area contributed by atoms with Crippen molar-refractivity contribution in [3.63, 3.8) is 0 Å². The molecule has 134 valence electrons. The summed E-state index contributed by atoms with van der Waals surface area (Å²) in [6, 6.07) is 15.7. The van der Waals surface area contributed by atoms with E-state index < -0.39 is 6.04 Å². The molecule has 1 aliphatic heterocycles. The molecule has 1 N–H and O–H groups in total. The highest BCUT2D eigenvalue weighted by atomic mass is 16.2. The number of anilines is 1. The first kappa shape index (κ1) is 17.7. The molecule has 0 aromatic heterocycles. The molecule has 1 aliphatic rings. The molecule has 1 saturated heterocycles. The number of hydrogen-bond donors (Lipinski definition) is 1. The second-order valence-corrected chi connectivity index (χ2v) is 6.29. The molecule has 0 aliphatic carbocycles. The fourth-order valence-corrected chi connectivity index (χ4v) is 3.04. The van der Waals surface area contributed by atoms with E-state index in [1.807, 2.05) is 30.3 Å². The predicted octanol–water partition coefficient (Wildman–Crippen LogP) is 1.98. The Kier molecular flexibility index (Phi) is 5.02. The van der Waals surface area contributed by atoms with E-state index in [2.05, 4.69) is 5.32 Å². The molecule has 0 unspecified atom stereocenters. The van der Waals surface area contributed by atoms with E-state index in [4.69, 9.17) is 0 Å². The number of nitrogens with one attached hydrogen (secondary N) is 1. The Labute approximate surface area is 152 Å². The van der Waals surface area contributed by atoms with Gasteiger partial charge in [-0.1, -0.05) is 42.5 Å². The normalized spacial score (nSPS) is 16.9. The first-order chi connectivity index (χ1) is 12.5. The third-order valence-electron chi connectivity index (χ3n) is 4.58. The number of urea groups is 1. The minimum Gasteiger partial charge on any atom is -0.359 e. The molecular formula is C20H21N3O3. The van der Waals surface area contributed by atoms with Crippen LogP contribution in [0.4, 0.5) is 10.5 Å². The second-order valence-electron chi connectivity index (χ2n) is 6.29. The third-order valence-corrected chi connectivity index (χ3v) is 4.58. The Morgan fingerprint density at radius 2 is 1.65 bits per heavy atom. The molecule has 0 bridgehead atoms. The fourth-order valence-electron chi connectivity index (χ4n) is 3.04. The number of benzene rings is 2. The van der Waals surface area contributed by atoms with Gasteiger partial charge in [0, 0.05) is 20.5 Å². The molecule has 1 atom stereocenters. The van der Waals surface area contributed by atoms with Gasteiger partial charge in [0.2, 0.25) is 5.91 Å². The first-order valence-corrected chi connectivity index (χ1v) is 8.45. The number of carbonyl (C=O) groups excluding carboxylic acids is 3. The second kappa shape index (κ2) is 7.39. The Hall–Kier alpha value is -3.15. The zero-order chi connectivity index (χ0) is 18.7. The summed E-state index contributed by atoms with van der Waals surface area (Å²) in [5.74, 6) is -0.325. The summed E-state index contributed by atoms with van der Waals surface area (Å²) in [7, 11) is 3.23. The molecule has 4 amide bonds. The van der Waals surface area contributed by atoms with Gasteiger partial charge in [0.1, 0.15) is 6.04 Å². The fraction of sp³-hybridized carbons (Fsp3) is 0.250.